The van der Waals surface area contributed by atoms with E-state index in [-0.39, 0.29) is 0 Å². The highest BCUT2D eigenvalue weighted by atomic mass is 16.5. The van der Waals surface area contributed by atoms with Crippen molar-refractivity contribution in [2.24, 2.45) is 0 Å². The molecule has 7 nitrogen and oxygen atoms in total. The molecule has 0 fully saturated rings. The number of hydrogen-bond acceptors (Lipinski definition) is 7. The number of nitrogens with zero attached hydrogens (tertiary/aromatic N) is 1. The van der Waals surface area contributed by atoms with Gasteiger partial charge in [-0.3, -0.25) is 4.98 Å². The highest BCUT2D eigenvalue weighted by Gasteiger charge is 2.11. The molecule has 34 heavy (non-hydrogen) atoms. The second-order valence-corrected chi connectivity index (χ2v) is 7.33. The van der Waals surface area contributed by atoms with Crippen LogP contribution in [0.3, 0.4) is 0 Å². The minimum Gasteiger partial charge on any atom is -0.497 e. The lowest BCUT2D eigenvalue weighted by molar-refractivity contribution is 0.247. The van der Waals surface area contributed by atoms with Gasteiger partial charge in [0.1, 0.15) is 28.7 Å². The van der Waals surface area contributed by atoms with Crippen molar-refractivity contribution in [3.8, 4) is 40.2 Å². The standard InChI is InChI=1S/C27H27NO6/c1-29-19-5-7-20(8-6-19)32-15-4-16-33-21-9-11-22(12-10-21)34-25-13-14-28-24-18-27(31-3)26(30-2)17-23(24)25/h5-14,17-18H,4,15-16H2,1-3H3. The van der Waals surface area contributed by atoms with Crippen molar-refractivity contribution in [1.82, 2.24) is 4.98 Å². The molecule has 0 amide bonds. The zero-order valence-electron chi connectivity index (χ0n) is 19.4. The smallest absolute Gasteiger partial charge is 0.162 e. The highest BCUT2D eigenvalue weighted by Crippen LogP contribution is 2.37. The number of ether oxygens (including phenoxy) is 6. The largest absolute Gasteiger partial charge is 0.497 e. The molecule has 0 N–H and O–H groups in total. The van der Waals surface area contributed by atoms with Crippen LogP contribution in [-0.2, 0) is 0 Å². The third kappa shape index (κ3) is 5.61. The summed E-state index contributed by atoms with van der Waals surface area (Å²) in [4.78, 5) is 4.41. The van der Waals surface area contributed by atoms with Gasteiger partial charge in [-0.15, -0.1) is 0 Å². The minimum atomic E-state index is 0.549. The molecule has 0 radical (unpaired) electrons. The van der Waals surface area contributed by atoms with E-state index in [4.69, 9.17) is 28.4 Å². The molecule has 4 rings (SSSR count). The van der Waals surface area contributed by atoms with Crippen molar-refractivity contribution in [2.45, 2.75) is 6.42 Å². The summed E-state index contributed by atoms with van der Waals surface area (Å²) < 4.78 is 33.6. The zero-order valence-corrected chi connectivity index (χ0v) is 19.4. The first-order valence-electron chi connectivity index (χ1n) is 10.9. The monoisotopic (exact) mass is 461 g/mol. The Kier molecular flexibility index (Phi) is 7.55. The average Bonchev–Trinajstić information content (AvgIpc) is 2.89. The van der Waals surface area contributed by atoms with Crippen LogP contribution in [0.4, 0.5) is 0 Å². The maximum Gasteiger partial charge on any atom is 0.162 e. The highest BCUT2D eigenvalue weighted by molar-refractivity contribution is 5.88. The van der Waals surface area contributed by atoms with E-state index >= 15 is 0 Å². The van der Waals surface area contributed by atoms with Gasteiger partial charge in [-0.1, -0.05) is 0 Å². The normalized spacial score (nSPS) is 10.6. The number of hydrogen-bond donors (Lipinski definition) is 0. The predicted octanol–water partition coefficient (Wildman–Crippen LogP) is 5.90. The van der Waals surface area contributed by atoms with Crippen LogP contribution in [0.5, 0.6) is 40.2 Å². The Labute approximate surface area is 198 Å². The molecule has 0 aliphatic carbocycles. The summed E-state index contributed by atoms with van der Waals surface area (Å²) >= 11 is 0. The topological polar surface area (TPSA) is 68.3 Å². The van der Waals surface area contributed by atoms with Gasteiger partial charge >= 0.3 is 0 Å². The van der Waals surface area contributed by atoms with Gasteiger partial charge in [-0.25, -0.2) is 0 Å². The Hall–Kier alpha value is -4.13. The maximum absolute atomic E-state index is 6.11. The van der Waals surface area contributed by atoms with Crippen molar-refractivity contribution in [2.75, 3.05) is 34.5 Å². The molecule has 0 atom stereocenters. The van der Waals surface area contributed by atoms with Crippen molar-refractivity contribution >= 4 is 10.9 Å². The number of pyridine rings is 1. The Morgan fingerprint density at radius 1 is 0.588 bits per heavy atom. The van der Waals surface area contributed by atoms with E-state index in [0.717, 1.165) is 34.6 Å². The van der Waals surface area contributed by atoms with Gasteiger partial charge in [0.25, 0.3) is 0 Å². The SMILES string of the molecule is COc1ccc(OCCCOc2ccc(Oc3ccnc4cc(OC)c(OC)cc34)cc2)cc1. The van der Waals surface area contributed by atoms with Crippen LogP contribution in [-0.4, -0.2) is 39.5 Å². The van der Waals surface area contributed by atoms with Gasteiger partial charge < -0.3 is 28.4 Å². The quantitative estimate of drug-likeness (QED) is 0.258. The fraction of sp³-hybridized carbons (Fsp3) is 0.222. The summed E-state index contributed by atoms with van der Waals surface area (Å²) in [5.74, 6) is 4.99. The third-order valence-corrected chi connectivity index (χ3v) is 5.14. The van der Waals surface area contributed by atoms with Gasteiger partial charge in [0.05, 0.1) is 40.1 Å². The second-order valence-electron chi connectivity index (χ2n) is 7.33. The van der Waals surface area contributed by atoms with E-state index in [9.17, 15) is 0 Å². The van der Waals surface area contributed by atoms with E-state index in [1.807, 2.05) is 66.7 Å². The molecule has 7 heteroatoms. The predicted molar refractivity (Wildman–Crippen MR) is 130 cm³/mol. The molecule has 4 aromatic rings. The van der Waals surface area contributed by atoms with Gasteiger partial charge in [0, 0.05) is 24.1 Å². The fourth-order valence-electron chi connectivity index (χ4n) is 3.38. The molecule has 0 saturated carbocycles. The third-order valence-electron chi connectivity index (χ3n) is 5.14. The summed E-state index contributed by atoms with van der Waals surface area (Å²) in [6.07, 6.45) is 2.47. The average molecular weight is 462 g/mol. The number of rotatable bonds is 11. The summed E-state index contributed by atoms with van der Waals surface area (Å²) in [7, 11) is 4.84. The Bertz CT molecular complexity index is 1210. The lowest BCUT2D eigenvalue weighted by Gasteiger charge is -2.13. The molecule has 0 unspecified atom stereocenters. The summed E-state index contributed by atoms with van der Waals surface area (Å²) in [6.45, 7) is 1.11. The first-order chi connectivity index (χ1) is 16.7. The number of methoxy groups -OCH3 is 3. The van der Waals surface area contributed by atoms with Crippen molar-refractivity contribution in [3.63, 3.8) is 0 Å². The van der Waals surface area contributed by atoms with Gasteiger partial charge in [-0.05, 0) is 60.7 Å². The molecular weight excluding hydrogens is 434 g/mol. The van der Waals surface area contributed by atoms with Gasteiger partial charge in [0.15, 0.2) is 11.5 Å². The van der Waals surface area contributed by atoms with Crippen LogP contribution in [0.15, 0.2) is 72.9 Å². The van der Waals surface area contributed by atoms with Crippen LogP contribution >= 0.6 is 0 Å². The summed E-state index contributed by atoms with van der Waals surface area (Å²) in [6, 6.07) is 20.5. The van der Waals surface area contributed by atoms with Crippen molar-refractivity contribution < 1.29 is 28.4 Å². The van der Waals surface area contributed by atoms with Crippen molar-refractivity contribution in [1.29, 1.82) is 0 Å². The first kappa shape index (κ1) is 23.0. The molecule has 0 spiro atoms. The molecule has 0 bridgehead atoms. The molecule has 1 aromatic heterocycles. The Balaban J connectivity index is 1.31. The van der Waals surface area contributed by atoms with E-state index in [1.165, 1.54) is 0 Å². The Morgan fingerprint density at radius 3 is 1.74 bits per heavy atom. The number of fused-ring (bicyclic) bond motifs is 1. The first-order valence-corrected chi connectivity index (χ1v) is 10.9. The molecule has 0 aliphatic heterocycles. The molecule has 0 saturated heterocycles. The lowest BCUT2D eigenvalue weighted by atomic mass is 10.2. The Morgan fingerprint density at radius 2 is 1.15 bits per heavy atom. The van der Waals surface area contributed by atoms with Crippen LogP contribution in [0.1, 0.15) is 6.42 Å². The minimum absolute atomic E-state index is 0.549. The molecule has 3 aromatic carbocycles. The van der Waals surface area contributed by atoms with Crippen LogP contribution in [0, 0.1) is 0 Å². The van der Waals surface area contributed by atoms with E-state index in [2.05, 4.69) is 4.98 Å². The molecule has 1 heterocycles. The van der Waals surface area contributed by atoms with Crippen LogP contribution in [0.25, 0.3) is 10.9 Å². The fourth-order valence-corrected chi connectivity index (χ4v) is 3.38. The molecule has 0 aliphatic rings. The van der Waals surface area contributed by atoms with Gasteiger partial charge in [0.2, 0.25) is 0 Å². The second kappa shape index (κ2) is 11.1. The molecular formula is C27H27NO6. The van der Waals surface area contributed by atoms with Gasteiger partial charge in [-0.2, -0.15) is 0 Å². The lowest BCUT2D eigenvalue weighted by Crippen LogP contribution is -2.04. The van der Waals surface area contributed by atoms with E-state index in [1.54, 1.807) is 27.5 Å². The maximum atomic E-state index is 6.11. The summed E-state index contributed by atoms with van der Waals surface area (Å²) in [5.41, 5.74) is 0.756. The van der Waals surface area contributed by atoms with Crippen LogP contribution in [0.2, 0.25) is 0 Å². The number of benzene rings is 3. The molecule has 176 valence electrons. The number of aromatic nitrogens is 1. The van der Waals surface area contributed by atoms with E-state index < -0.39 is 0 Å². The zero-order chi connectivity index (χ0) is 23.8. The van der Waals surface area contributed by atoms with Crippen molar-refractivity contribution in [3.05, 3.63) is 72.9 Å². The van der Waals surface area contributed by atoms with E-state index in [0.29, 0.717) is 36.2 Å². The summed E-state index contributed by atoms with van der Waals surface area (Å²) in [5, 5.41) is 0.831. The van der Waals surface area contributed by atoms with Crippen LogP contribution < -0.4 is 28.4 Å².